The summed E-state index contributed by atoms with van der Waals surface area (Å²) in [7, 11) is 0. The SMILES string of the molecule is Cc1ccc(-c2ccc3c(Br)c(CCCOC4CC4)c(C4=CCCN4)cc3c2)s1. The molecule has 1 fully saturated rings. The number of halogens is 1. The van der Waals surface area contributed by atoms with Crippen molar-refractivity contribution in [2.45, 2.75) is 45.1 Å². The van der Waals surface area contributed by atoms with E-state index in [1.54, 1.807) is 0 Å². The Bertz CT molecular complexity index is 1080. The van der Waals surface area contributed by atoms with E-state index in [1.807, 2.05) is 11.3 Å². The second kappa shape index (κ2) is 8.25. The Kier molecular flexibility index (Phi) is 5.51. The van der Waals surface area contributed by atoms with Crippen LogP contribution in [0, 0.1) is 6.92 Å². The smallest absolute Gasteiger partial charge is 0.0577 e. The van der Waals surface area contributed by atoms with Gasteiger partial charge in [0.15, 0.2) is 0 Å². The molecule has 0 bridgehead atoms. The van der Waals surface area contributed by atoms with E-state index in [0.29, 0.717) is 6.10 Å². The molecule has 4 heteroatoms. The molecule has 1 saturated carbocycles. The highest BCUT2D eigenvalue weighted by Gasteiger charge is 2.22. The van der Waals surface area contributed by atoms with Crippen molar-refractivity contribution < 1.29 is 4.74 Å². The topological polar surface area (TPSA) is 21.3 Å². The average Bonchev–Trinajstić information content (AvgIpc) is 3.20. The zero-order valence-electron chi connectivity index (χ0n) is 16.8. The number of hydrogen-bond acceptors (Lipinski definition) is 3. The molecule has 0 unspecified atom stereocenters. The lowest BCUT2D eigenvalue weighted by atomic mass is 9.94. The number of rotatable bonds is 7. The van der Waals surface area contributed by atoms with Crippen molar-refractivity contribution in [2.24, 2.45) is 0 Å². The van der Waals surface area contributed by atoms with Crippen molar-refractivity contribution in [2.75, 3.05) is 13.2 Å². The number of ether oxygens (including phenoxy) is 1. The zero-order chi connectivity index (χ0) is 19.8. The average molecular weight is 468 g/mol. The molecule has 0 radical (unpaired) electrons. The van der Waals surface area contributed by atoms with Gasteiger partial charge in [-0.15, -0.1) is 11.3 Å². The van der Waals surface area contributed by atoms with Crippen molar-refractivity contribution in [3.8, 4) is 10.4 Å². The number of hydrogen-bond donors (Lipinski definition) is 1. The van der Waals surface area contributed by atoms with Crippen LogP contribution >= 0.6 is 27.3 Å². The third-order valence-corrected chi connectivity index (χ3v) is 7.71. The Morgan fingerprint density at radius 2 is 2.07 bits per heavy atom. The summed E-state index contributed by atoms with van der Waals surface area (Å²) in [5, 5.41) is 6.17. The highest BCUT2D eigenvalue weighted by Crippen LogP contribution is 2.38. The first kappa shape index (κ1) is 19.3. The van der Waals surface area contributed by atoms with Crippen molar-refractivity contribution >= 4 is 43.7 Å². The van der Waals surface area contributed by atoms with Crippen LogP contribution in [-0.2, 0) is 11.2 Å². The molecular formula is C25H26BrNOS. The first-order valence-corrected chi connectivity index (χ1v) is 12.2. The Balaban J connectivity index is 1.52. The quantitative estimate of drug-likeness (QED) is 0.374. The number of nitrogens with one attached hydrogen (secondary N) is 1. The van der Waals surface area contributed by atoms with E-state index in [1.165, 1.54) is 60.2 Å². The van der Waals surface area contributed by atoms with Gasteiger partial charge in [-0.1, -0.05) is 18.2 Å². The number of benzene rings is 2. The van der Waals surface area contributed by atoms with E-state index >= 15 is 0 Å². The Morgan fingerprint density at radius 1 is 1.17 bits per heavy atom. The molecule has 1 N–H and O–H groups in total. The molecule has 2 nitrogen and oxygen atoms in total. The molecule has 1 aromatic heterocycles. The highest BCUT2D eigenvalue weighted by atomic mass is 79.9. The maximum Gasteiger partial charge on any atom is 0.0577 e. The van der Waals surface area contributed by atoms with Gasteiger partial charge in [-0.05, 0) is 101 Å². The van der Waals surface area contributed by atoms with Gasteiger partial charge in [0.1, 0.15) is 0 Å². The first-order chi connectivity index (χ1) is 14.2. The molecule has 0 saturated heterocycles. The van der Waals surface area contributed by atoms with Gasteiger partial charge >= 0.3 is 0 Å². The van der Waals surface area contributed by atoms with Crippen LogP contribution < -0.4 is 5.32 Å². The standard InChI is InChI=1S/C25H26BrNOS/c1-16-6-11-24(29-16)17-7-10-20-18(14-17)15-22(23-5-2-12-27-23)21(25(20)26)4-3-13-28-19-8-9-19/h5-7,10-11,14-15,19,27H,2-4,8-9,12-13H2,1H3. The lowest BCUT2D eigenvalue weighted by Gasteiger charge is -2.17. The fourth-order valence-electron chi connectivity index (χ4n) is 4.07. The largest absolute Gasteiger partial charge is 0.384 e. The van der Waals surface area contributed by atoms with Gasteiger partial charge in [-0.2, -0.15) is 0 Å². The molecule has 150 valence electrons. The van der Waals surface area contributed by atoms with Crippen LogP contribution in [0.2, 0.25) is 0 Å². The van der Waals surface area contributed by atoms with E-state index in [0.717, 1.165) is 32.4 Å². The molecule has 1 aliphatic heterocycles. The van der Waals surface area contributed by atoms with Gasteiger partial charge in [0.05, 0.1) is 6.10 Å². The monoisotopic (exact) mass is 467 g/mol. The molecular weight excluding hydrogens is 442 g/mol. The molecule has 1 aliphatic carbocycles. The molecule has 0 amide bonds. The second-order valence-corrected chi connectivity index (χ2v) is 10.2. The van der Waals surface area contributed by atoms with Crippen LogP contribution in [0.4, 0.5) is 0 Å². The van der Waals surface area contributed by atoms with Gasteiger partial charge in [-0.3, -0.25) is 0 Å². The molecule has 5 rings (SSSR count). The Morgan fingerprint density at radius 3 is 2.79 bits per heavy atom. The van der Waals surface area contributed by atoms with Crippen LogP contribution in [0.3, 0.4) is 0 Å². The summed E-state index contributed by atoms with van der Waals surface area (Å²) in [5.74, 6) is 0. The fraction of sp³-hybridized carbons (Fsp3) is 0.360. The van der Waals surface area contributed by atoms with Gasteiger partial charge in [0, 0.05) is 38.6 Å². The highest BCUT2D eigenvalue weighted by molar-refractivity contribution is 9.10. The fourth-order valence-corrected chi connectivity index (χ4v) is 5.70. The molecule has 2 aliphatic rings. The molecule has 2 aromatic carbocycles. The first-order valence-electron chi connectivity index (χ1n) is 10.6. The Hall–Kier alpha value is -1.62. The predicted molar refractivity (Wildman–Crippen MR) is 128 cm³/mol. The summed E-state index contributed by atoms with van der Waals surface area (Å²) in [4.78, 5) is 2.69. The number of fused-ring (bicyclic) bond motifs is 1. The summed E-state index contributed by atoms with van der Waals surface area (Å²) in [5.41, 5.74) is 5.32. The maximum absolute atomic E-state index is 5.89. The van der Waals surface area contributed by atoms with Crippen LogP contribution in [0.1, 0.15) is 41.7 Å². The predicted octanol–water partition coefficient (Wildman–Crippen LogP) is 7.09. The van der Waals surface area contributed by atoms with Gasteiger partial charge in [-0.25, -0.2) is 0 Å². The normalized spacial score (nSPS) is 16.3. The van der Waals surface area contributed by atoms with E-state index < -0.39 is 0 Å². The molecule has 0 spiro atoms. The minimum atomic E-state index is 0.535. The zero-order valence-corrected chi connectivity index (χ0v) is 19.2. The summed E-state index contributed by atoms with van der Waals surface area (Å²) < 4.78 is 7.13. The van der Waals surface area contributed by atoms with E-state index in [-0.39, 0.29) is 0 Å². The van der Waals surface area contributed by atoms with Gasteiger partial charge in [0.25, 0.3) is 0 Å². The van der Waals surface area contributed by atoms with Gasteiger partial charge in [0.2, 0.25) is 0 Å². The van der Waals surface area contributed by atoms with Crippen LogP contribution in [-0.4, -0.2) is 19.3 Å². The second-order valence-electron chi connectivity index (χ2n) is 8.07. The van der Waals surface area contributed by atoms with Crippen LogP contribution in [0.25, 0.3) is 26.9 Å². The Labute approximate surface area is 185 Å². The van der Waals surface area contributed by atoms with Crippen molar-refractivity contribution in [3.05, 3.63) is 63.0 Å². The van der Waals surface area contributed by atoms with Crippen molar-refractivity contribution in [1.82, 2.24) is 5.32 Å². The number of aryl methyl sites for hydroxylation is 1. The van der Waals surface area contributed by atoms with Crippen molar-refractivity contribution in [3.63, 3.8) is 0 Å². The lowest BCUT2D eigenvalue weighted by Crippen LogP contribution is -2.09. The van der Waals surface area contributed by atoms with Crippen LogP contribution in [0.15, 0.2) is 46.9 Å². The van der Waals surface area contributed by atoms with Crippen molar-refractivity contribution in [1.29, 1.82) is 0 Å². The third kappa shape index (κ3) is 4.16. The summed E-state index contributed by atoms with van der Waals surface area (Å²) >= 11 is 5.82. The third-order valence-electron chi connectivity index (χ3n) is 5.75. The molecule has 0 atom stereocenters. The lowest BCUT2D eigenvalue weighted by molar-refractivity contribution is 0.117. The van der Waals surface area contributed by atoms with E-state index in [2.05, 4.69) is 70.6 Å². The minimum Gasteiger partial charge on any atom is -0.384 e. The summed E-state index contributed by atoms with van der Waals surface area (Å²) in [6.07, 6.45) is 8.56. The van der Waals surface area contributed by atoms with E-state index in [9.17, 15) is 0 Å². The number of thiophene rings is 1. The maximum atomic E-state index is 5.89. The molecule has 29 heavy (non-hydrogen) atoms. The molecule has 2 heterocycles. The van der Waals surface area contributed by atoms with Gasteiger partial charge < -0.3 is 10.1 Å². The van der Waals surface area contributed by atoms with E-state index in [4.69, 9.17) is 4.74 Å². The molecule has 3 aromatic rings. The van der Waals surface area contributed by atoms with Crippen LogP contribution in [0.5, 0.6) is 0 Å². The minimum absolute atomic E-state index is 0.535. The summed E-state index contributed by atoms with van der Waals surface area (Å²) in [6.45, 7) is 4.06. The summed E-state index contributed by atoms with van der Waals surface area (Å²) in [6, 6.07) is 13.7.